The Balaban J connectivity index is 1.52. The van der Waals surface area contributed by atoms with Crippen molar-refractivity contribution in [2.75, 3.05) is 6.54 Å². The molecule has 0 aliphatic heterocycles. The fraction of sp³-hybridized carbons (Fsp3) is 0.105. The molecule has 120 valence electrons. The first-order chi connectivity index (χ1) is 11.8. The molecule has 0 bridgehead atoms. The van der Waals surface area contributed by atoms with E-state index in [0.29, 0.717) is 30.2 Å². The highest BCUT2D eigenvalue weighted by molar-refractivity contribution is 5.93. The lowest BCUT2D eigenvalue weighted by Gasteiger charge is -2.07. The Kier molecular flexibility index (Phi) is 5.14. The van der Waals surface area contributed by atoms with Crippen molar-refractivity contribution in [3.05, 3.63) is 84.3 Å². The summed E-state index contributed by atoms with van der Waals surface area (Å²) in [5.74, 6) is 0.994. The van der Waals surface area contributed by atoms with Crippen LogP contribution < -0.4 is 10.1 Å². The van der Waals surface area contributed by atoms with Gasteiger partial charge in [0.05, 0.1) is 5.56 Å². The van der Waals surface area contributed by atoms with Gasteiger partial charge in [0.2, 0.25) is 5.88 Å². The second kappa shape index (κ2) is 7.87. The van der Waals surface area contributed by atoms with Gasteiger partial charge in [-0.3, -0.25) is 9.78 Å². The van der Waals surface area contributed by atoms with Gasteiger partial charge in [-0.1, -0.05) is 24.3 Å². The lowest BCUT2D eigenvalue weighted by atomic mass is 10.2. The van der Waals surface area contributed by atoms with Crippen LogP contribution >= 0.6 is 0 Å². The third kappa shape index (κ3) is 4.39. The average Bonchev–Trinajstić information content (AvgIpc) is 2.64. The second-order valence-electron chi connectivity index (χ2n) is 5.13. The van der Waals surface area contributed by atoms with Gasteiger partial charge in [-0.2, -0.15) is 0 Å². The molecule has 0 fully saturated rings. The zero-order valence-electron chi connectivity index (χ0n) is 13.1. The van der Waals surface area contributed by atoms with Crippen molar-refractivity contribution in [2.45, 2.75) is 6.42 Å². The summed E-state index contributed by atoms with van der Waals surface area (Å²) in [6.07, 6.45) is 3.94. The second-order valence-corrected chi connectivity index (χ2v) is 5.13. The molecule has 1 N–H and O–H groups in total. The van der Waals surface area contributed by atoms with Crippen LogP contribution in [0, 0.1) is 0 Å². The molecule has 0 saturated carbocycles. The maximum Gasteiger partial charge on any atom is 0.252 e. The lowest BCUT2D eigenvalue weighted by Crippen LogP contribution is -2.25. The molecule has 0 saturated heterocycles. The molecule has 1 amide bonds. The van der Waals surface area contributed by atoms with E-state index in [2.05, 4.69) is 15.3 Å². The van der Waals surface area contributed by atoms with Gasteiger partial charge >= 0.3 is 0 Å². The molecule has 2 aromatic heterocycles. The van der Waals surface area contributed by atoms with Crippen LogP contribution in [0.5, 0.6) is 11.6 Å². The van der Waals surface area contributed by atoms with E-state index in [9.17, 15) is 4.79 Å². The number of hydrogen-bond acceptors (Lipinski definition) is 4. The molecule has 1 aromatic carbocycles. The SMILES string of the molecule is O=C(NCCc1ccccn1)c1ccc(Oc2ccccc2)nc1. The summed E-state index contributed by atoms with van der Waals surface area (Å²) < 4.78 is 5.60. The summed E-state index contributed by atoms with van der Waals surface area (Å²) in [6, 6.07) is 18.5. The average molecular weight is 319 g/mol. The molecule has 3 rings (SSSR count). The number of hydrogen-bond donors (Lipinski definition) is 1. The van der Waals surface area contributed by atoms with Crippen LogP contribution in [-0.4, -0.2) is 22.4 Å². The minimum atomic E-state index is -0.162. The van der Waals surface area contributed by atoms with Gasteiger partial charge < -0.3 is 10.1 Å². The van der Waals surface area contributed by atoms with Crippen LogP contribution in [0.3, 0.4) is 0 Å². The summed E-state index contributed by atoms with van der Waals surface area (Å²) in [5.41, 5.74) is 1.44. The van der Waals surface area contributed by atoms with E-state index in [0.717, 1.165) is 5.69 Å². The van der Waals surface area contributed by atoms with Crippen LogP contribution in [0.15, 0.2) is 73.1 Å². The Morgan fingerprint density at radius 1 is 0.958 bits per heavy atom. The quantitative estimate of drug-likeness (QED) is 0.757. The van der Waals surface area contributed by atoms with Crippen molar-refractivity contribution in [1.29, 1.82) is 0 Å². The van der Waals surface area contributed by atoms with E-state index in [1.54, 1.807) is 18.3 Å². The molecule has 0 radical (unpaired) electrons. The highest BCUT2D eigenvalue weighted by Gasteiger charge is 2.06. The van der Waals surface area contributed by atoms with Crippen LogP contribution in [-0.2, 0) is 6.42 Å². The van der Waals surface area contributed by atoms with Crippen LogP contribution in [0.4, 0.5) is 0 Å². The molecule has 0 spiro atoms. The number of para-hydroxylation sites is 1. The van der Waals surface area contributed by atoms with Crippen molar-refractivity contribution < 1.29 is 9.53 Å². The van der Waals surface area contributed by atoms with E-state index in [-0.39, 0.29) is 5.91 Å². The van der Waals surface area contributed by atoms with E-state index in [1.807, 2.05) is 48.5 Å². The third-order valence-electron chi connectivity index (χ3n) is 3.36. The monoisotopic (exact) mass is 319 g/mol. The number of ether oxygens (including phenoxy) is 1. The standard InChI is InChI=1S/C19H17N3O2/c23-19(21-13-11-16-6-4-5-12-20-16)15-9-10-18(22-14-15)24-17-7-2-1-3-8-17/h1-10,12,14H,11,13H2,(H,21,23). The van der Waals surface area contributed by atoms with Crippen molar-refractivity contribution in [1.82, 2.24) is 15.3 Å². The number of nitrogens with one attached hydrogen (secondary N) is 1. The van der Waals surface area contributed by atoms with Gasteiger partial charge in [0.1, 0.15) is 5.75 Å². The van der Waals surface area contributed by atoms with E-state index >= 15 is 0 Å². The van der Waals surface area contributed by atoms with Crippen molar-refractivity contribution in [3.63, 3.8) is 0 Å². The molecule has 0 atom stereocenters. The zero-order valence-corrected chi connectivity index (χ0v) is 13.1. The normalized spacial score (nSPS) is 10.2. The first-order valence-corrected chi connectivity index (χ1v) is 7.68. The summed E-state index contributed by atoms with van der Waals surface area (Å²) in [7, 11) is 0. The number of amides is 1. The molecule has 24 heavy (non-hydrogen) atoms. The Bertz CT molecular complexity index is 775. The molecule has 0 aliphatic rings. The maximum absolute atomic E-state index is 12.1. The minimum absolute atomic E-state index is 0.162. The number of pyridine rings is 2. The Labute approximate surface area is 140 Å². The summed E-state index contributed by atoms with van der Waals surface area (Å²) in [4.78, 5) is 20.5. The topological polar surface area (TPSA) is 64.1 Å². The highest BCUT2D eigenvalue weighted by Crippen LogP contribution is 2.18. The largest absolute Gasteiger partial charge is 0.439 e. The molecule has 0 unspecified atom stereocenters. The summed E-state index contributed by atoms with van der Waals surface area (Å²) in [6.45, 7) is 0.526. The van der Waals surface area contributed by atoms with Crippen molar-refractivity contribution >= 4 is 5.91 Å². The van der Waals surface area contributed by atoms with Gasteiger partial charge in [-0.25, -0.2) is 4.98 Å². The number of rotatable bonds is 6. The zero-order chi connectivity index (χ0) is 16.6. The number of carbonyl (C=O) groups is 1. The van der Waals surface area contributed by atoms with Gasteiger partial charge in [-0.15, -0.1) is 0 Å². The fourth-order valence-electron chi connectivity index (χ4n) is 2.14. The highest BCUT2D eigenvalue weighted by atomic mass is 16.5. The Morgan fingerprint density at radius 3 is 2.50 bits per heavy atom. The van der Waals surface area contributed by atoms with Gasteiger partial charge in [0, 0.05) is 37.1 Å². The Morgan fingerprint density at radius 2 is 1.79 bits per heavy atom. The molecular formula is C19H17N3O2. The minimum Gasteiger partial charge on any atom is -0.439 e. The van der Waals surface area contributed by atoms with Crippen LogP contribution in [0.25, 0.3) is 0 Å². The van der Waals surface area contributed by atoms with Gasteiger partial charge in [0.15, 0.2) is 0 Å². The maximum atomic E-state index is 12.1. The number of benzene rings is 1. The van der Waals surface area contributed by atoms with Crippen molar-refractivity contribution in [2.24, 2.45) is 0 Å². The predicted octanol–water partition coefficient (Wildman–Crippen LogP) is 3.24. The number of carbonyl (C=O) groups excluding carboxylic acids is 1. The molecule has 3 aromatic rings. The fourth-order valence-corrected chi connectivity index (χ4v) is 2.14. The predicted molar refractivity (Wildman–Crippen MR) is 91.0 cm³/mol. The van der Waals surface area contributed by atoms with Gasteiger partial charge in [-0.05, 0) is 30.3 Å². The summed E-state index contributed by atoms with van der Waals surface area (Å²) in [5, 5.41) is 2.86. The van der Waals surface area contributed by atoms with E-state index < -0.39 is 0 Å². The van der Waals surface area contributed by atoms with Crippen LogP contribution in [0.1, 0.15) is 16.1 Å². The van der Waals surface area contributed by atoms with Crippen molar-refractivity contribution in [3.8, 4) is 11.6 Å². The van der Waals surface area contributed by atoms with E-state index in [4.69, 9.17) is 4.74 Å². The first-order valence-electron chi connectivity index (χ1n) is 7.68. The number of nitrogens with zero attached hydrogens (tertiary/aromatic N) is 2. The third-order valence-corrected chi connectivity index (χ3v) is 3.36. The molecule has 2 heterocycles. The molecular weight excluding hydrogens is 302 g/mol. The molecule has 5 nitrogen and oxygen atoms in total. The Hall–Kier alpha value is -3.21. The first kappa shape index (κ1) is 15.7. The van der Waals surface area contributed by atoms with E-state index in [1.165, 1.54) is 6.20 Å². The summed E-state index contributed by atoms with van der Waals surface area (Å²) >= 11 is 0. The smallest absolute Gasteiger partial charge is 0.252 e. The molecule has 0 aliphatic carbocycles. The lowest BCUT2D eigenvalue weighted by molar-refractivity contribution is 0.0953. The van der Waals surface area contributed by atoms with Crippen LogP contribution in [0.2, 0.25) is 0 Å². The van der Waals surface area contributed by atoms with Gasteiger partial charge in [0.25, 0.3) is 5.91 Å². The number of aromatic nitrogens is 2. The molecule has 5 heteroatoms.